The highest BCUT2D eigenvalue weighted by atomic mass is 16.6. The van der Waals surface area contributed by atoms with Gasteiger partial charge in [0.05, 0.1) is 46.2 Å². The molecule has 0 bridgehead atoms. The van der Waals surface area contributed by atoms with Gasteiger partial charge < -0.3 is 18.9 Å². The first kappa shape index (κ1) is 32.1. The van der Waals surface area contributed by atoms with Gasteiger partial charge in [-0.3, -0.25) is 0 Å². The van der Waals surface area contributed by atoms with Crippen LogP contribution in [0.4, 0.5) is 0 Å². The highest BCUT2D eigenvalue weighted by Gasteiger charge is 1.96. The SMILES string of the molecule is CCCCCCCCCCCCCCCCCCOCCOCCOCCOCc1ccccc1. The minimum absolute atomic E-state index is 0.603. The van der Waals surface area contributed by atoms with Crippen molar-refractivity contribution in [2.24, 2.45) is 0 Å². The maximum atomic E-state index is 5.67. The molecule has 0 N–H and O–H groups in total. The van der Waals surface area contributed by atoms with Crippen LogP contribution in [0.3, 0.4) is 0 Å². The minimum atomic E-state index is 0.603. The number of rotatable bonds is 28. The van der Waals surface area contributed by atoms with Gasteiger partial charge >= 0.3 is 0 Å². The van der Waals surface area contributed by atoms with Gasteiger partial charge in [-0.05, 0) is 12.0 Å². The Kier molecular flexibility index (Phi) is 25.3. The molecular formula is C31H56O4. The van der Waals surface area contributed by atoms with Crippen LogP contribution >= 0.6 is 0 Å². The normalized spacial score (nSPS) is 11.3. The highest BCUT2D eigenvalue weighted by Crippen LogP contribution is 2.13. The smallest absolute Gasteiger partial charge is 0.0718 e. The molecule has 0 aliphatic heterocycles. The van der Waals surface area contributed by atoms with E-state index >= 15 is 0 Å². The molecule has 1 rings (SSSR count). The van der Waals surface area contributed by atoms with Gasteiger partial charge in [0.25, 0.3) is 0 Å². The Balaban J connectivity index is 1.63. The Morgan fingerprint density at radius 3 is 1.23 bits per heavy atom. The summed E-state index contributed by atoms with van der Waals surface area (Å²) < 4.78 is 22.3. The summed E-state index contributed by atoms with van der Waals surface area (Å²) in [6.45, 7) is 7.54. The minimum Gasteiger partial charge on any atom is -0.379 e. The monoisotopic (exact) mass is 492 g/mol. The summed E-state index contributed by atoms with van der Waals surface area (Å²) in [5, 5.41) is 0. The van der Waals surface area contributed by atoms with Crippen LogP contribution in [0.25, 0.3) is 0 Å². The van der Waals surface area contributed by atoms with Gasteiger partial charge in [-0.25, -0.2) is 0 Å². The molecule has 0 heterocycles. The van der Waals surface area contributed by atoms with E-state index in [1.807, 2.05) is 18.2 Å². The fourth-order valence-corrected chi connectivity index (χ4v) is 4.18. The van der Waals surface area contributed by atoms with Crippen molar-refractivity contribution in [2.75, 3.05) is 46.2 Å². The Hall–Kier alpha value is -0.940. The fourth-order valence-electron chi connectivity index (χ4n) is 4.18. The number of unbranched alkanes of at least 4 members (excludes halogenated alkanes) is 15. The first-order valence-electron chi connectivity index (χ1n) is 14.8. The molecule has 0 amide bonds. The van der Waals surface area contributed by atoms with Gasteiger partial charge in [-0.15, -0.1) is 0 Å². The van der Waals surface area contributed by atoms with Crippen molar-refractivity contribution in [3.63, 3.8) is 0 Å². The summed E-state index contributed by atoms with van der Waals surface area (Å²) in [6, 6.07) is 10.2. The third-order valence-electron chi connectivity index (χ3n) is 6.37. The van der Waals surface area contributed by atoms with Gasteiger partial charge in [0.1, 0.15) is 0 Å². The molecule has 0 radical (unpaired) electrons. The second-order valence-electron chi connectivity index (χ2n) is 9.68. The first-order chi connectivity index (χ1) is 17.4. The molecule has 0 saturated carbocycles. The lowest BCUT2D eigenvalue weighted by Gasteiger charge is -2.08. The summed E-state index contributed by atoms with van der Waals surface area (Å²) in [7, 11) is 0. The third-order valence-corrected chi connectivity index (χ3v) is 6.37. The van der Waals surface area contributed by atoms with Crippen LogP contribution in [0.5, 0.6) is 0 Å². The van der Waals surface area contributed by atoms with Crippen LogP contribution < -0.4 is 0 Å². The zero-order valence-electron chi connectivity index (χ0n) is 23.0. The average molecular weight is 493 g/mol. The molecule has 0 unspecified atom stereocenters. The Morgan fingerprint density at radius 1 is 0.400 bits per heavy atom. The van der Waals surface area contributed by atoms with Crippen molar-refractivity contribution < 1.29 is 18.9 Å². The van der Waals surface area contributed by atoms with Gasteiger partial charge in [-0.1, -0.05) is 134 Å². The molecule has 4 heteroatoms. The first-order valence-corrected chi connectivity index (χ1v) is 14.8. The zero-order valence-corrected chi connectivity index (χ0v) is 23.0. The number of hydrogen-bond donors (Lipinski definition) is 0. The molecule has 0 aliphatic rings. The lowest BCUT2D eigenvalue weighted by atomic mass is 10.0. The molecule has 4 nitrogen and oxygen atoms in total. The van der Waals surface area contributed by atoms with Crippen LogP contribution in [0.2, 0.25) is 0 Å². The molecule has 0 spiro atoms. The molecule has 35 heavy (non-hydrogen) atoms. The van der Waals surface area contributed by atoms with Crippen molar-refractivity contribution in [3.8, 4) is 0 Å². The average Bonchev–Trinajstić information content (AvgIpc) is 2.89. The molecular weight excluding hydrogens is 436 g/mol. The van der Waals surface area contributed by atoms with E-state index in [0.717, 1.165) is 6.61 Å². The summed E-state index contributed by atoms with van der Waals surface area (Å²) in [5.41, 5.74) is 1.19. The van der Waals surface area contributed by atoms with Crippen LogP contribution in [0.15, 0.2) is 30.3 Å². The largest absolute Gasteiger partial charge is 0.379 e. The van der Waals surface area contributed by atoms with E-state index in [4.69, 9.17) is 18.9 Å². The zero-order chi connectivity index (χ0) is 24.9. The molecule has 1 aromatic carbocycles. The van der Waals surface area contributed by atoms with Crippen LogP contribution in [0, 0.1) is 0 Å². The second kappa shape index (κ2) is 27.6. The molecule has 0 saturated heterocycles. The topological polar surface area (TPSA) is 36.9 Å². The van der Waals surface area contributed by atoms with E-state index in [2.05, 4.69) is 19.1 Å². The lowest BCUT2D eigenvalue weighted by Crippen LogP contribution is -2.12. The summed E-state index contributed by atoms with van der Waals surface area (Å²) >= 11 is 0. The molecule has 0 aliphatic carbocycles. The predicted molar refractivity (Wildman–Crippen MR) is 148 cm³/mol. The van der Waals surface area contributed by atoms with Gasteiger partial charge in [0, 0.05) is 6.61 Å². The van der Waals surface area contributed by atoms with E-state index in [-0.39, 0.29) is 0 Å². The van der Waals surface area contributed by atoms with E-state index in [0.29, 0.717) is 46.2 Å². The lowest BCUT2D eigenvalue weighted by molar-refractivity contribution is -0.00440. The van der Waals surface area contributed by atoms with Crippen molar-refractivity contribution in [1.82, 2.24) is 0 Å². The van der Waals surface area contributed by atoms with Gasteiger partial charge in [0.2, 0.25) is 0 Å². The fraction of sp³-hybridized carbons (Fsp3) is 0.806. The Bertz CT molecular complexity index is 508. The number of benzene rings is 1. The van der Waals surface area contributed by atoms with Crippen molar-refractivity contribution in [1.29, 1.82) is 0 Å². The maximum absolute atomic E-state index is 5.67. The van der Waals surface area contributed by atoms with Crippen LogP contribution in [-0.4, -0.2) is 46.2 Å². The van der Waals surface area contributed by atoms with E-state index in [1.165, 1.54) is 108 Å². The molecule has 0 fully saturated rings. The number of hydrogen-bond acceptors (Lipinski definition) is 4. The second-order valence-corrected chi connectivity index (χ2v) is 9.68. The molecule has 0 atom stereocenters. The predicted octanol–water partition coefficient (Wildman–Crippen LogP) is 8.51. The summed E-state index contributed by atoms with van der Waals surface area (Å²) in [5.74, 6) is 0. The van der Waals surface area contributed by atoms with Gasteiger partial charge in [0.15, 0.2) is 0 Å². The third kappa shape index (κ3) is 24.5. The highest BCUT2D eigenvalue weighted by molar-refractivity contribution is 5.13. The van der Waals surface area contributed by atoms with E-state index in [9.17, 15) is 0 Å². The van der Waals surface area contributed by atoms with Gasteiger partial charge in [-0.2, -0.15) is 0 Å². The summed E-state index contributed by atoms with van der Waals surface area (Å²) in [6.07, 6.45) is 22.4. The van der Waals surface area contributed by atoms with Crippen molar-refractivity contribution in [2.45, 2.75) is 116 Å². The van der Waals surface area contributed by atoms with E-state index in [1.54, 1.807) is 0 Å². The Labute approximate surface area is 217 Å². The van der Waals surface area contributed by atoms with E-state index < -0.39 is 0 Å². The van der Waals surface area contributed by atoms with Crippen LogP contribution in [0.1, 0.15) is 115 Å². The maximum Gasteiger partial charge on any atom is 0.0718 e. The number of ether oxygens (including phenoxy) is 4. The van der Waals surface area contributed by atoms with Crippen molar-refractivity contribution >= 4 is 0 Å². The molecule has 204 valence electrons. The quantitative estimate of drug-likeness (QED) is 0.110. The standard InChI is InChI=1S/C31H56O4/c1-2-3-4-5-6-7-8-9-10-11-12-13-14-15-16-20-23-32-24-25-33-26-27-34-28-29-35-30-31-21-18-17-19-22-31/h17-19,21-22H,2-16,20,23-30H2,1H3. The molecule has 1 aromatic rings. The summed E-state index contributed by atoms with van der Waals surface area (Å²) in [4.78, 5) is 0. The molecule has 0 aromatic heterocycles. The Morgan fingerprint density at radius 2 is 0.771 bits per heavy atom. The van der Waals surface area contributed by atoms with Crippen molar-refractivity contribution in [3.05, 3.63) is 35.9 Å². The van der Waals surface area contributed by atoms with Crippen LogP contribution in [-0.2, 0) is 25.6 Å².